The quantitative estimate of drug-likeness (QED) is 0.359. The van der Waals surface area contributed by atoms with Gasteiger partial charge in [0.15, 0.2) is 6.61 Å². The van der Waals surface area contributed by atoms with Gasteiger partial charge in [-0.3, -0.25) is 14.9 Å². The van der Waals surface area contributed by atoms with E-state index in [0.717, 1.165) is 11.5 Å². The van der Waals surface area contributed by atoms with Crippen molar-refractivity contribution in [2.24, 2.45) is 0 Å². The number of methoxy groups -OCH3 is 2. The molecule has 3 aromatic rings. The summed E-state index contributed by atoms with van der Waals surface area (Å²) in [5.74, 6) is -0.505. The van der Waals surface area contributed by atoms with Crippen LogP contribution in [0.5, 0.6) is 11.5 Å². The molecule has 0 unspecified atom stereocenters. The Labute approximate surface area is 171 Å². The molecule has 0 radical (unpaired) electrons. The number of carbonyl (C=O) groups excluding carboxylic acids is 2. The molecule has 0 atom stereocenters. The summed E-state index contributed by atoms with van der Waals surface area (Å²) in [7, 11) is 2.90. The Hall–Kier alpha value is -4.14. The monoisotopic (exact) mass is 410 g/mol. The van der Waals surface area contributed by atoms with Crippen LogP contribution in [0.1, 0.15) is 10.4 Å². The zero-order valence-electron chi connectivity index (χ0n) is 16.2. The molecule has 1 amide bonds. The Kier molecular flexibility index (Phi) is 6.11. The summed E-state index contributed by atoms with van der Waals surface area (Å²) in [4.78, 5) is 35.1. The number of nitro groups is 1. The van der Waals surface area contributed by atoms with Gasteiger partial charge in [0, 0.05) is 17.5 Å². The van der Waals surface area contributed by atoms with Gasteiger partial charge in [-0.05, 0) is 23.6 Å². The van der Waals surface area contributed by atoms with Crippen molar-refractivity contribution in [3.8, 4) is 11.5 Å². The average molecular weight is 410 g/mol. The number of rotatable bonds is 7. The first-order valence-electron chi connectivity index (χ1n) is 8.79. The van der Waals surface area contributed by atoms with E-state index >= 15 is 0 Å². The number of ether oxygens (including phenoxy) is 3. The van der Waals surface area contributed by atoms with Crippen LogP contribution in [0.15, 0.2) is 54.6 Å². The summed E-state index contributed by atoms with van der Waals surface area (Å²) < 4.78 is 15.5. The van der Waals surface area contributed by atoms with E-state index in [1.165, 1.54) is 26.4 Å². The van der Waals surface area contributed by atoms with Crippen molar-refractivity contribution in [3.63, 3.8) is 0 Å². The molecule has 0 heterocycles. The van der Waals surface area contributed by atoms with Crippen LogP contribution in [-0.2, 0) is 9.53 Å². The second-order valence-electron chi connectivity index (χ2n) is 6.13. The molecule has 0 spiro atoms. The van der Waals surface area contributed by atoms with Gasteiger partial charge in [0.1, 0.15) is 11.5 Å². The smallest absolute Gasteiger partial charge is 0.339 e. The van der Waals surface area contributed by atoms with Gasteiger partial charge in [0.2, 0.25) is 0 Å². The molecule has 0 saturated carbocycles. The average Bonchev–Trinajstić information content (AvgIpc) is 2.76. The van der Waals surface area contributed by atoms with E-state index in [1.807, 2.05) is 12.1 Å². The lowest BCUT2D eigenvalue weighted by molar-refractivity contribution is -0.384. The third kappa shape index (κ3) is 4.30. The minimum atomic E-state index is -0.685. The Bertz CT molecular complexity index is 1130. The summed E-state index contributed by atoms with van der Waals surface area (Å²) in [5.41, 5.74) is 0.169. The number of amides is 1. The molecule has 0 saturated heterocycles. The maximum atomic E-state index is 12.5. The van der Waals surface area contributed by atoms with Crippen LogP contribution in [0.4, 0.5) is 11.4 Å². The summed E-state index contributed by atoms with van der Waals surface area (Å²) in [5, 5.41) is 14.8. The predicted molar refractivity (Wildman–Crippen MR) is 109 cm³/mol. The molecule has 3 aromatic carbocycles. The second kappa shape index (κ2) is 8.91. The molecule has 0 fully saturated rings. The molecule has 154 valence electrons. The van der Waals surface area contributed by atoms with Crippen LogP contribution in [0.3, 0.4) is 0 Å². The molecule has 9 nitrogen and oxygen atoms in total. The lowest BCUT2D eigenvalue weighted by Gasteiger charge is -2.12. The first-order valence-corrected chi connectivity index (χ1v) is 8.79. The molecule has 0 aromatic heterocycles. The van der Waals surface area contributed by atoms with Gasteiger partial charge in [-0.1, -0.05) is 24.3 Å². The maximum absolute atomic E-state index is 12.5. The van der Waals surface area contributed by atoms with Crippen LogP contribution < -0.4 is 14.8 Å². The standard InChI is InChI=1S/C21H18N2O7/c1-28-18-10-8-16(14-5-3-4-6-15(14)18)21(25)30-12-20(24)22-17-11-13(23(26)27)7-9-19(17)29-2/h3-11H,12H2,1-2H3,(H,22,24). The van der Waals surface area contributed by atoms with Crippen LogP contribution >= 0.6 is 0 Å². The van der Waals surface area contributed by atoms with Gasteiger partial charge in [-0.15, -0.1) is 0 Å². The Morgan fingerprint density at radius 2 is 1.63 bits per heavy atom. The van der Waals surface area contributed by atoms with Crippen molar-refractivity contribution in [2.45, 2.75) is 0 Å². The molecular weight excluding hydrogens is 392 g/mol. The number of anilines is 1. The number of carbonyl (C=O) groups is 2. The molecule has 1 N–H and O–H groups in total. The predicted octanol–water partition coefficient (Wildman–Crippen LogP) is 3.56. The molecule has 0 bridgehead atoms. The number of nitrogens with zero attached hydrogens (tertiary/aromatic N) is 1. The van der Waals surface area contributed by atoms with Crippen molar-refractivity contribution in [3.05, 3.63) is 70.3 Å². The van der Waals surface area contributed by atoms with E-state index < -0.39 is 23.4 Å². The normalized spacial score (nSPS) is 10.3. The van der Waals surface area contributed by atoms with Gasteiger partial charge >= 0.3 is 5.97 Å². The Morgan fingerprint density at radius 1 is 0.967 bits per heavy atom. The highest BCUT2D eigenvalue weighted by Gasteiger charge is 2.17. The van der Waals surface area contributed by atoms with Crippen molar-refractivity contribution >= 4 is 34.0 Å². The maximum Gasteiger partial charge on any atom is 0.339 e. The van der Waals surface area contributed by atoms with E-state index in [-0.39, 0.29) is 22.7 Å². The lowest BCUT2D eigenvalue weighted by Crippen LogP contribution is -2.21. The second-order valence-corrected chi connectivity index (χ2v) is 6.13. The van der Waals surface area contributed by atoms with E-state index in [4.69, 9.17) is 14.2 Å². The molecule has 0 aliphatic heterocycles. The lowest BCUT2D eigenvalue weighted by atomic mass is 10.0. The minimum Gasteiger partial charge on any atom is -0.496 e. The highest BCUT2D eigenvalue weighted by Crippen LogP contribution is 2.30. The van der Waals surface area contributed by atoms with Crippen LogP contribution in [0, 0.1) is 10.1 Å². The van der Waals surface area contributed by atoms with E-state index in [0.29, 0.717) is 11.1 Å². The summed E-state index contributed by atoms with van der Waals surface area (Å²) in [6, 6.07) is 14.1. The van der Waals surface area contributed by atoms with E-state index in [2.05, 4.69) is 5.32 Å². The Morgan fingerprint density at radius 3 is 2.30 bits per heavy atom. The van der Waals surface area contributed by atoms with Gasteiger partial charge in [-0.2, -0.15) is 0 Å². The Balaban J connectivity index is 1.73. The number of nitrogens with one attached hydrogen (secondary N) is 1. The highest BCUT2D eigenvalue weighted by atomic mass is 16.6. The van der Waals surface area contributed by atoms with Crippen LogP contribution in [-0.4, -0.2) is 37.6 Å². The van der Waals surface area contributed by atoms with Gasteiger partial charge < -0.3 is 19.5 Å². The van der Waals surface area contributed by atoms with Crippen molar-refractivity contribution in [2.75, 3.05) is 26.1 Å². The number of hydrogen-bond donors (Lipinski definition) is 1. The zero-order chi connectivity index (χ0) is 21.7. The molecule has 9 heteroatoms. The minimum absolute atomic E-state index is 0.0997. The summed E-state index contributed by atoms with van der Waals surface area (Å²) in [6.45, 7) is -0.578. The SMILES string of the molecule is COc1ccc([N+](=O)[O-])cc1NC(=O)COC(=O)c1ccc(OC)c2ccccc12. The van der Waals surface area contributed by atoms with Crippen molar-refractivity contribution < 1.29 is 28.7 Å². The third-order valence-corrected chi connectivity index (χ3v) is 4.33. The summed E-state index contributed by atoms with van der Waals surface area (Å²) in [6.07, 6.45) is 0. The molecule has 0 aliphatic carbocycles. The van der Waals surface area contributed by atoms with Gasteiger partial charge in [0.25, 0.3) is 11.6 Å². The summed E-state index contributed by atoms with van der Waals surface area (Å²) >= 11 is 0. The molecule has 30 heavy (non-hydrogen) atoms. The zero-order valence-corrected chi connectivity index (χ0v) is 16.2. The van der Waals surface area contributed by atoms with Crippen LogP contribution in [0.2, 0.25) is 0 Å². The number of benzene rings is 3. The molecule has 3 rings (SSSR count). The highest BCUT2D eigenvalue weighted by molar-refractivity contribution is 6.07. The number of nitro benzene ring substituents is 1. The largest absolute Gasteiger partial charge is 0.496 e. The fourth-order valence-electron chi connectivity index (χ4n) is 2.93. The van der Waals surface area contributed by atoms with Gasteiger partial charge in [-0.25, -0.2) is 4.79 Å². The van der Waals surface area contributed by atoms with Gasteiger partial charge in [0.05, 0.1) is 30.4 Å². The third-order valence-electron chi connectivity index (χ3n) is 4.33. The van der Waals surface area contributed by atoms with Crippen LogP contribution in [0.25, 0.3) is 10.8 Å². The topological polar surface area (TPSA) is 117 Å². The van der Waals surface area contributed by atoms with Crippen molar-refractivity contribution in [1.29, 1.82) is 0 Å². The molecule has 0 aliphatic rings. The fraction of sp³-hybridized carbons (Fsp3) is 0.143. The first-order chi connectivity index (χ1) is 14.4. The number of fused-ring (bicyclic) bond motifs is 1. The van der Waals surface area contributed by atoms with Crippen molar-refractivity contribution in [1.82, 2.24) is 0 Å². The first kappa shape index (κ1) is 20.6. The van der Waals surface area contributed by atoms with E-state index in [9.17, 15) is 19.7 Å². The fourth-order valence-corrected chi connectivity index (χ4v) is 2.93. The van der Waals surface area contributed by atoms with E-state index in [1.54, 1.807) is 24.3 Å². The number of non-ortho nitro benzene ring substituents is 1. The number of hydrogen-bond acceptors (Lipinski definition) is 7. The molecular formula is C21H18N2O7. The number of esters is 1.